The molecule has 1 N–H and O–H groups in total. The molecule has 2 rings (SSSR count). The van der Waals surface area contributed by atoms with Crippen LogP contribution in [0.25, 0.3) is 0 Å². The summed E-state index contributed by atoms with van der Waals surface area (Å²) in [5.74, 6) is 0.709. The monoisotopic (exact) mass is 237 g/mol. The molecule has 0 amide bonds. The first-order valence-corrected chi connectivity index (χ1v) is 6.11. The minimum absolute atomic E-state index is 0.0157. The molecular weight excluding hydrogens is 218 g/mol. The quantitative estimate of drug-likeness (QED) is 0.827. The summed E-state index contributed by atoms with van der Waals surface area (Å²) in [6.07, 6.45) is 5.90. The molecule has 1 aromatic heterocycles. The van der Waals surface area contributed by atoms with E-state index < -0.39 is 0 Å². The number of aliphatic hydroxyl groups excluding tert-OH is 1. The van der Waals surface area contributed by atoms with Crippen LogP contribution in [-0.2, 0) is 11.3 Å². The summed E-state index contributed by atoms with van der Waals surface area (Å²) in [7, 11) is 0. The highest BCUT2D eigenvalue weighted by atomic mass is 16.5. The number of likely N-dealkylation sites (N-methyl/N-ethyl adjacent to an activating group) is 1. The van der Waals surface area contributed by atoms with Crippen LogP contribution in [0.15, 0.2) is 12.4 Å². The molecule has 0 saturated carbocycles. The molecule has 94 valence electrons. The largest absolute Gasteiger partial charge is 0.392 e. The number of hydrogen-bond donors (Lipinski definition) is 1. The van der Waals surface area contributed by atoms with Crippen molar-refractivity contribution < 1.29 is 9.84 Å². The Hall–Kier alpha value is -1.20. The van der Waals surface area contributed by atoms with E-state index in [1.807, 2.05) is 0 Å². The van der Waals surface area contributed by atoms with E-state index in [-0.39, 0.29) is 6.61 Å². The fourth-order valence-corrected chi connectivity index (χ4v) is 1.98. The summed E-state index contributed by atoms with van der Waals surface area (Å²) in [5, 5.41) is 8.94. The van der Waals surface area contributed by atoms with Gasteiger partial charge in [-0.25, -0.2) is 9.97 Å². The van der Waals surface area contributed by atoms with Crippen LogP contribution in [0.5, 0.6) is 0 Å². The first-order chi connectivity index (χ1) is 8.33. The fraction of sp³-hybridized carbons (Fsp3) is 0.667. The fourth-order valence-electron chi connectivity index (χ4n) is 1.98. The molecule has 1 fully saturated rings. The van der Waals surface area contributed by atoms with Crippen LogP contribution in [0, 0.1) is 0 Å². The van der Waals surface area contributed by atoms with E-state index in [4.69, 9.17) is 9.84 Å². The number of nitrogens with zero attached hydrogens (tertiary/aromatic N) is 3. The molecule has 1 unspecified atom stereocenters. The Labute approximate surface area is 101 Å². The van der Waals surface area contributed by atoms with Crippen molar-refractivity contribution in [2.75, 3.05) is 24.6 Å². The molecule has 0 spiro atoms. The molecule has 1 saturated heterocycles. The normalized spacial score (nSPS) is 19.5. The van der Waals surface area contributed by atoms with E-state index in [1.54, 1.807) is 12.4 Å². The SMILES string of the molecule is CCN(CC1CCCO1)c1ncc(CO)cn1. The summed E-state index contributed by atoms with van der Waals surface area (Å²) < 4.78 is 5.61. The number of rotatable bonds is 5. The standard InChI is InChI=1S/C12H19N3O2/c1-2-15(8-11-4-3-5-17-11)12-13-6-10(9-16)7-14-12/h6-7,11,16H,2-5,8-9H2,1H3. The zero-order valence-electron chi connectivity index (χ0n) is 10.2. The zero-order chi connectivity index (χ0) is 12.1. The van der Waals surface area contributed by atoms with Gasteiger partial charge in [-0.15, -0.1) is 0 Å². The van der Waals surface area contributed by atoms with Crippen LogP contribution < -0.4 is 4.90 Å². The minimum atomic E-state index is -0.0157. The Morgan fingerprint density at radius 1 is 1.47 bits per heavy atom. The van der Waals surface area contributed by atoms with Gasteiger partial charge in [0.05, 0.1) is 12.7 Å². The van der Waals surface area contributed by atoms with Crippen molar-refractivity contribution in [1.29, 1.82) is 0 Å². The van der Waals surface area contributed by atoms with Crippen LogP contribution in [0.1, 0.15) is 25.3 Å². The van der Waals surface area contributed by atoms with Crippen molar-refractivity contribution in [2.24, 2.45) is 0 Å². The molecule has 17 heavy (non-hydrogen) atoms. The van der Waals surface area contributed by atoms with Gasteiger partial charge < -0.3 is 14.7 Å². The Morgan fingerprint density at radius 3 is 2.76 bits per heavy atom. The molecule has 0 aliphatic carbocycles. The predicted molar refractivity (Wildman–Crippen MR) is 64.8 cm³/mol. The second-order valence-corrected chi connectivity index (χ2v) is 4.22. The molecule has 5 nitrogen and oxygen atoms in total. The van der Waals surface area contributed by atoms with Crippen LogP contribution in [-0.4, -0.2) is 40.9 Å². The third kappa shape index (κ3) is 3.14. The second kappa shape index (κ2) is 5.93. The molecule has 0 aromatic carbocycles. The Morgan fingerprint density at radius 2 is 2.24 bits per heavy atom. The van der Waals surface area contributed by atoms with Crippen LogP contribution in [0.4, 0.5) is 5.95 Å². The smallest absolute Gasteiger partial charge is 0.225 e. The van der Waals surface area contributed by atoms with Crippen LogP contribution in [0.2, 0.25) is 0 Å². The van der Waals surface area contributed by atoms with Crippen LogP contribution in [0.3, 0.4) is 0 Å². The zero-order valence-corrected chi connectivity index (χ0v) is 10.2. The van der Waals surface area contributed by atoms with Gasteiger partial charge in [-0.3, -0.25) is 0 Å². The number of aromatic nitrogens is 2. The van der Waals surface area contributed by atoms with E-state index in [1.165, 1.54) is 0 Å². The number of aliphatic hydroxyl groups is 1. The van der Waals surface area contributed by atoms with E-state index in [2.05, 4.69) is 21.8 Å². The molecule has 1 aromatic rings. The minimum Gasteiger partial charge on any atom is -0.392 e. The van der Waals surface area contributed by atoms with E-state index in [0.29, 0.717) is 12.1 Å². The van der Waals surface area contributed by atoms with E-state index >= 15 is 0 Å². The number of hydrogen-bond acceptors (Lipinski definition) is 5. The van der Waals surface area contributed by atoms with E-state index in [9.17, 15) is 0 Å². The molecule has 1 aliphatic rings. The topological polar surface area (TPSA) is 58.5 Å². The highest BCUT2D eigenvalue weighted by Crippen LogP contribution is 2.16. The summed E-state index contributed by atoms with van der Waals surface area (Å²) >= 11 is 0. The van der Waals surface area contributed by atoms with Gasteiger partial charge in [0.25, 0.3) is 0 Å². The van der Waals surface area contributed by atoms with E-state index in [0.717, 1.165) is 38.1 Å². The molecule has 0 radical (unpaired) electrons. The lowest BCUT2D eigenvalue weighted by molar-refractivity contribution is 0.115. The lowest BCUT2D eigenvalue weighted by Crippen LogP contribution is -2.33. The molecular formula is C12H19N3O2. The Balaban J connectivity index is 2.00. The Kier molecular flexibility index (Phi) is 4.28. The van der Waals surface area contributed by atoms with Crippen molar-refractivity contribution in [1.82, 2.24) is 9.97 Å². The maximum absolute atomic E-state index is 8.94. The van der Waals surface area contributed by atoms with Crippen molar-refractivity contribution >= 4 is 5.95 Å². The first kappa shape index (κ1) is 12.3. The summed E-state index contributed by atoms with van der Waals surface area (Å²) in [6.45, 7) is 4.64. The molecule has 0 bridgehead atoms. The van der Waals surface area contributed by atoms with Gasteiger partial charge in [0.2, 0.25) is 5.95 Å². The first-order valence-electron chi connectivity index (χ1n) is 6.11. The summed E-state index contributed by atoms with van der Waals surface area (Å²) in [6, 6.07) is 0. The maximum atomic E-state index is 8.94. The van der Waals surface area contributed by atoms with Crippen molar-refractivity contribution in [3.63, 3.8) is 0 Å². The molecule has 1 atom stereocenters. The van der Waals surface area contributed by atoms with Gasteiger partial charge in [-0.05, 0) is 19.8 Å². The van der Waals surface area contributed by atoms with Crippen molar-refractivity contribution in [3.05, 3.63) is 18.0 Å². The van der Waals surface area contributed by atoms with Crippen molar-refractivity contribution in [2.45, 2.75) is 32.5 Å². The predicted octanol–water partition coefficient (Wildman–Crippen LogP) is 0.974. The average molecular weight is 237 g/mol. The molecule has 1 aliphatic heterocycles. The van der Waals surface area contributed by atoms with Gasteiger partial charge in [0.15, 0.2) is 0 Å². The third-order valence-corrected chi connectivity index (χ3v) is 2.99. The average Bonchev–Trinajstić information content (AvgIpc) is 2.89. The van der Waals surface area contributed by atoms with Gasteiger partial charge >= 0.3 is 0 Å². The van der Waals surface area contributed by atoms with Gasteiger partial charge in [-0.1, -0.05) is 0 Å². The lowest BCUT2D eigenvalue weighted by Gasteiger charge is -2.23. The molecule has 5 heteroatoms. The lowest BCUT2D eigenvalue weighted by atomic mass is 10.2. The van der Waals surface area contributed by atoms with Crippen molar-refractivity contribution in [3.8, 4) is 0 Å². The summed E-state index contributed by atoms with van der Waals surface area (Å²) in [5.41, 5.74) is 0.738. The number of anilines is 1. The number of ether oxygens (including phenoxy) is 1. The third-order valence-electron chi connectivity index (χ3n) is 2.99. The second-order valence-electron chi connectivity index (χ2n) is 4.22. The Bertz CT molecular complexity index is 336. The van der Waals surface area contributed by atoms with Gasteiger partial charge in [0.1, 0.15) is 0 Å². The van der Waals surface area contributed by atoms with Gasteiger partial charge in [-0.2, -0.15) is 0 Å². The van der Waals surface area contributed by atoms with Gasteiger partial charge in [0, 0.05) is 37.7 Å². The molecule has 2 heterocycles. The summed E-state index contributed by atoms with van der Waals surface area (Å²) in [4.78, 5) is 10.6. The van der Waals surface area contributed by atoms with Crippen LogP contribution >= 0.6 is 0 Å². The maximum Gasteiger partial charge on any atom is 0.225 e. The highest BCUT2D eigenvalue weighted by molar-refractivity contribution is 5.29. The highest BCUT2D eigenvalue weighted by Gasteiger charge is 2.19.